The molecule has 1 N–H and O–H groups in total. The number of amides is 1. The van der Waals surface area contributed by atoms with Gasteiger partial charge in [-0.25, -0.2) is 0 Å². The molecule has 1 amide bonds. The minimum atomic E-state index is 0.160. The summed E-state index contributed by atoms with van der Waals surface area (Å²) in [4.78, 5) is 11.0. The lowest BCUT2D eigenvalue weighted by molar-refractivity contribution is -0.119. The lowest BCUT2D eigenvalue weighted by Crippen LogP contribution is -2.13. The van der Waals surface area contributed by atoms with Gasteiger partial charge in [-0.05, 0) is 17.7 Å². The second kappa shape index (κ2) is 3.50. The van der Waals surface area contributed by atoms with E-state index in [0.29, 0.717) is 12.3 Å². The van der Waals surface area contributed by atoms with Crippen LogP contribution in [0.4, 0.5) is 0 Å². The number of carbonyl (C=O) groups excluding carboxylic acids is 1. The quantitative estimate of drug-likeness (QED) is 0.799. The maximum absolute atomic E-state index is 11.0. The molecular formula is C10H10BrNO. The summed E-state index contributed by atoms with van der Waals surface area (Å²) < 4.78 is 1.08. The number of hydrogen-bond acceptors (Lipinski definition) is 1. The number of nitrogens with one attached hydrogen (secondary N) is 1. The van der Waals surface area contributed by atoms with Gasteiger partial charge in [0.05, 0.1) is 0 Å². The molecular weight excluding hydrogens is 230 g/mol. The lowest BCUT2D eigenvalue weighted by Gasteiger charge is -2.06. The first-order valence-electron chi connectivity index (χ1n) is 4.28. The zero-order valence-corrected chi connectivity index (χ0v) is 8.67. The number of halogens is 1. The highest BCUT2D eigenvalue weighted by Crippen LogP contribution is 2.24. The molecule has 3 heteroatoms. The number of rotatable bonds is 1. The molecule has 1 aromatic rings. The first kappa shape index (κ1) is 8.75. The van der Waals surface area contributed by atoms with Crippen LogP contribution in [0.15, 0.2) is 28.7 Å². The molecule has 2 rings (SSSR count). The zero-order valence-electron chi connectivity index (χ0n) is 7.09. The van der Waals surface area contributed by atoms with Gasteiger partial charge in [0, 0.05) is 23.4 Å². The maximum atomic E-state index is 11.0. The average molecular weight is 240 g/mol. The largest absolute Gasteiger partial charge is 0.355 e. The number of hydrogen-bond donors (Lipinski definition) is 1. The first-order chi connectivity index (χ1) is 6.25. The maximum Gasteiger partial charge on any atom is 0.220 e. The molecule has 1 saturated heterocycles. The fourth-order valence-corrected chi connectivity index (χ4v) is 1.84. The molecule has 0 bridgehead atoms. The summed E-state index contributed by atoms with van der Waals surface area (Å²) in [5, 5.41) is 2.83. The van der Waals surface area contributed by atoms with E-state index >= 15 is 0 Å². The standard InChI is InChI=1S/C10H10BrNO/c11-9-3-1-7(2-4-9)8-5-10(13)12-6-8/h1-4,8H,5-6H2,(H,12,13). The van der Waals surface area contributed by atoms with Crippen molar-refractivity contribution < 1.29 is 4.79 Å². The van der Waals surface area contributed by atoms with Crippen molar-refractivity contribution >= 4 is 21.8 Å². The SMILES string of the molecule is O=C1CC(c2ccc(Br)cc2)CN1. The highest BCUT2D eigenvalue weighted by atomic mass is 79.9. The predicted molar refractivity (Wildman–Crippen MR) is 54.5 cm³/mol. The van der Waals surface area contributed by atoms with E-state index in [1.54, 1.807) is 0 Å². The monoisotopic (exact) mass is 239 g/mol. The van der Waals surface area contributed by atoms with Gasteiger partial charge >= 0.3 is 0 Å². The van der Waals surface area contributed by atoms with Crippen LogP contribution >= 0.6 is 15.9 Å². The van der Waals surface area contributed by atoms with Crippen LogP contribution in [0, 0.1) is 0 Å². The number of benzene rings is 1. The van der Waals surface area contributed by atoms with Crippen LogP contribution in [0.5, 0.6) is 0 Å². The van der Waals surface area contributed by atoms with Crippen LogP contribution in [-0.4, -0.2) is 12.5 Å². The summed E-state index contributed by atoms with van der Waals surface area (Å²) in [6.07, 6.45) is 0.627. The second-order valence-corrected chi connectivity index (χ2v) is 4.17. The Morgan fingerprint density at radius 3 is 2.54 bits per heavy atom. The van der Waals surface area contributed by atoms with Crippen molar-refractivity contribution in [2.24, 2.45) is 0 Å². The van der Waals surface area contributed by atoms with Gasteiger partial charge in [-0.1, -0.05) is 28.1 Å². The topological polar surface area (TPSA) is 29.1 Å². The first-order valence-corrected chi connectivity index (χ1v) is 5.07. The van der Waals surface area contributed by atoms with Gasteiger partial charge in [0.15, 0.2) is 0 Å². The molecule has 2 nitrogen and oxygen atoms in total. The van der Waals surface area contributed by atoms with Crippen molar-refractivity contribution in [3.63, 3.8) is 0 Å². The third-order valence-corrected chi connectivity index (χ3v) is 2.85. The average Bonchev–Trinajstić information content (AvgIpc) is 2.53. The second-order valence-electron chi connectivity index (χ2n) is 3.26. The Balaban J connectivity index is 2.17. The van der Waals surface area contributed by atoms with E-state index in [9.17, 15) is 4.79 Å². The third-order valence-electron chi connectivity index (χ3n) is 2.32. The van der Waals surface area contributed by atoms with Crippen molar-refractivity contribution in [2.75, 3.05) is 6.54 Å². The summed E-state index contributed by atoms with van der Waals surface area (Å²) in [6.45, 7) is 0.778. The van der Waals surface area contributed by atoms with Crippen LogP contribution in [0.25, 0.3) is 0 Å². The van der Waals surface area contributed by atoms with E-state index in [1.807, 2.05) is 12.1 Å². The van der Waals surface area contributed by atoms with Crippen molar-refractivity contribution in [2.45, 2.75) is 12.3 Å². The predicted octanol–water partition coefficient (Wildman–Crippen LogP) is 2.05. The third kappa shape index (κ3) is 1.91. The van der Waals surface area contributed by atoms with Crippen molar-refractivity contribution in [1.82, 2.24) is 5.32 Å². The molecule has 1 atom stereocenters. The van der Waals surface area contributed by atoms with Crippen molar-refractivity contribution in [3.8, 4) is 0 Å². The lowest BCUT2D eigenvalue weighted by atomic mass is 9.99. The Hall–Kier alpha value is -0.830. The Bertz CT molecular complexity index is 320. The van der Waals surface area contributed by atoms with Gasteiger partial charge in [0.25, 0.3) is 0 Å². The highest BCUT2D eigenvalue weighted by Gasteiger charge is 2.22. The fraction of sp³-hybridized carbons (Fsp3) is 0.300. The van der Waals surface area contributed by atoms with Gasteiger partial charge in [0.2, 0.25) is 5.91 Å². The van der Waals surface area contributed by atoms with E-state index in [1.165, 1.54) is 5.56 Å². The van der Waals surface area contributed by atoms with Gasteiger partial charge in [-0.3, -0.25) is 4.79 Å². The van der Waals surface area contributed by atoms with E-state index in [4.69, 9.17) is 0 Å². The molecule has 0 aromatic heterocycles. The highest BCUT2D eigenvalue weighted by molar-refractivity contribution is 9.10. The Morgan fingerprint density at radius 2 is 2.00 bits per heavy atom. The van der Waals surface area contributed by atoms with Crippen molar-refractivity contribution in [3.05, 3.63) is 34.3 Å². The Kier molecular flexibility index (Phi) is 2.36. The van der Waals surface area contributed by atoms with E-state index in [-0.39, 0.29) is 5.91 Å². The van der Waals surface area contributed by atoms with Gasteiger partial charge in [-0.15, -0.1) is 0 Å². The smallest absolute Gasteiger partial charge is 0.220 e. The molecule has 1 unspecified atom stereocenters. The van der Waals surface area contributed by atoms with Gasteiger partial charge < -0.3 is 5.32 Å². The Morgan fingerprint density at radius 1 is 1.31 bits per heavy atom. The summed E-state index contributed by atoms with van der Waals surface area (Å²) in [7, 11) is 0. The molecule has 1 fully saturated rings. The van der Waals surface area contributed by atoms with Crippen LogP contribution in [-0.2, 0) is 4.79 Å². The van der Waals surface area contributed by atoms with Crippen LogP contribution < -0.4 is 5.32 Å². The van der Waals surface area contributed by atoms with Crippen LogP contribution in [0.2, 0.25) is 0 Å². The van der Waals surface area contributed by atoms with Gasteiger partial charge in [0.1, 0.15) is 0 Å². The summed E-state index contributed by atoms with van der Waals surface area (Å²) in [5.41, 5.74) is 1.24. The molecule has 1 aliphatic heterocycles. The molecule has 0 spiro atoms. The molecule has 68 valence electrons. The molecule has 1 aromatic carbocycles. The van der Waals surface area contributed by atoms with E-state index in [2.05, 4.69) is 33.4 Å². The zero-order chi connectivity index (χ0) is 9.26. The molecule has 1 heterocycles. The minimum absolute atomic E-state index is 0.160. The molecule has 1 aliphatic rings. The molecule has 0 aliphatic carbocycles. The van der Waals surface area contributed by atoms with E-state index in [0.717, 1.165) is 11.0 Å². The number of carbonyl (C=O) groups is 1. The fourth-order valence-electron chi connectivity index (χ4n) is 1.58. The molecule has 0 radical (unpaired) electrons. The molecule has 0 saturated carbocycles. The summed E-state index contributed by atoms with van der Waals surface area (Å²) in [5.74, 6) is 0.522. The van der Waals surface area contributed by atoms with Crippen LogP contribution in [0.3, 0.4) is 0 Å². The Labute approximate surface area is 85.5 Å². The minimum Gasteiger partial charge on any atom is -0.355 e. The van der Waals surface area contributed by atoms with Gasteiger partial charge in [-0.2, -0.15) is 0 Å². The summed E-state index contributed by atoms with van der Waals surface area (Å²) in [6, 6.07) is 8.15. The summed E-state index contributed by atoms with van der Waals surface area (Å²) >= 11 is 3.38. The van der Waals surface area contributed by atoms with E-state index < -0.39 is 0 Å². The van der Waals surface area contributed by atoms with Crippen molar-refractivity contribution in [1.29, 1.82) is 0 Å². The normalized spacial score (nSPS) is 21.6. The molecule has 13 heavy (non-hydrogen) atoms. The van der Waals surface area contributed by atoms with Crippen LogP contribution in [0.1, 0.15) is 17.9 Å².